The molecule has 0 saturated carbocycles. The van der Waals surface area contributed by atoms with E-state index < -0.39 is 0 Å². The standard InChI is InChI=1S/C59H38S/c1-59(2)51-31-27-37(34-50(51)56-52(59)32-33-53-57(56)49-28-26-36-15-4-6-18-40(36)58(49)60-53)39-29-30-48(42-20-8-7-19-41(39)42)55-46-23-11-9-21-44(46)54(45-22-10-12-24-47(45)55)43-25-13-16-35-14-3-5-17-38(35)43/h3-34H,1-2H3. The normalized spacial score (nSPS) is 13.3. The first kappa shape index (κ1) is 33.9. The van der Waals surface area contributed by atoms with Crippen molar-refractivity contribution in [2.24, 2.45) is 0 Å². The average molecular weight is 779 g/mol. The zero-order valence-corrected chi connectivity index (χ0v) is 34.2. The molecule has 0 fully saturated rings. The molecule has 0 unspecified atom stereocenters. The molecule has 1 aliphatic rings. The summed E-state index contributed by atoms with van der Waals surface area (Å²) in [5.74, 6) is 0. The largest absolute Gasteiger partial charge is 0.135 e. The Labute approximate surface area is 352 Å². The van der Waals surface area contributed by atoms with Gasteiger partial charge in [-0.2, -0.15) is 0 Å². The molecule has 12 aromatic rings. The molecule has 1 heteroatoms. The van der Waals surface area contributed by atoms with E-state index in [2.05, 4.69) is 208 Å². The predicted octanol–water partition coefficient (Wildman–Crippen LogP) is 17.1. The van der Waals surface area contributed by atoms with Gasteiger partial charge in [-0.05, 0) is 122 Å². The summed E-state index contributed by atoms with van der Waals surface area (Å²) in [6.07, 6.45) is 0. The lowest BCUT2D eigenvalue weighted by molar-refractivity contribution is 0.661. The lowest BCUT2D eigenvalue weighted by atomic mass is 9.81. The monoisotopic (exact) mass is 778 g/mol. The van der Waals surface area contributed by atoms with E-state index in [9.17, 15) is 0 Å². The van der Waals surface area contributed by atoms with E-state index >= 15 is 0 Å². The van der Waals surface area contributed by atoms with Crippen LogP contribution in [0.15, 0.2) is 194 Å². The molecule has 0 saturated heterocycles. The van der Waals surface area contributed by atoms with Crippen molar-refractivity contribution in [1.82, 2.24) is 0 Å². The van der Waals surface area contributed by atoms with E-state index in [0.29, 0.717) is 0 Å². The van der Waals surface area contributed by atoms with Gasteiger partial charge in [0, 0.05) is 25.6 Å². The molecule has 0 nitrogen and oxygen atoms in total. The Morgan fingerprint density at radius 2 is 0.850 bits per heavy atom. The van der Waals surface area contributed by atoms with Crippen LogP contribution in [0.3, 0.4) is 0 Å². The van der Waals surface area contributed by atoms with E-state index in [1.165, 1.54) is 130 Å². The van der Waals surface area contributed by atoms with Gasteiger partial charge < -0.3 is 0 Å². The van der Waals surface area contributed by atoms with Crippen molar-refractivity contribution in [1.29, 1.82) is 0 Å². The Morgan fingerprint density at radius 3 is 1.53 bits per heavy atom. The minimum Gasteiger partial charge on any atom is -0.135 e. The molecule has 1 aliphatic carbocycles. The van der Waals surface area contributed by atoms with Crippen LogP contribution in [0.2, 0.25) is 0 Å². The average Bonchev–Trinajstić information content (AvgIpc) is 3.79. The highest BCUT2D eigenvalue weighted by Gasteiger charge is 2.37. The van der Waals surface area contributed by atoms with Crippen LogP contribution in [0, 0.1) is 0 Å². The highest BCUT2D eigenvalue weighted by molar-refractivity contribution is 7.26. The first-order valence-corrected chi connectivity index (χ1v) is 21.8. The van der Waals surface area contributed by atoms with Gasteiger partial charge >= 0.3 is 0 Å². The predicted molar refractivity (Wildman–Crippen MR) is 261 cm³/mol. The van der Waals surface area contributed by atoms with Crippen LogP contribution < -0.4 is 0 Å². The first-order chi connectivity index (χ1) is 29.5. The molecule has 0 aliphatic heterocycles. The van der Waals surface area contributed by atoms with E-state index in [4.69, 9.17) is 0 Å². The van der Waals surface area contributed by atoms with Crippen LogP contribution in [-0.2, 0) is 5.41 Å². The summed E-state index contributed by atoms with van der Waals surface area (Å²) in [4.78, 5) is 0. The molecule has 60 heavy (non-hydrogen) atoms. The number of fused-ring (bicyclic) bond motifs is 13. The summed E-state index contributed by atoms with van der Waals surface area (Å²) in [7, 11) is 0. The van der Waals surface area contributed by atoms with Crippen molar-refractivity contribution in [3.05, 3.63) is 205 Å². The second-order valence-electron chi connectivity index (χ2n) is 17.1. The fourth-order valence-corrected chi connectivity index (χ4v) is 12.2. The number of hydrogen-bond acceptors (Lipinski definition) is 1. The molecule has 280 valence electrons. The Bertz CT molecular complexity index is 3740. The maximum Gasteiger partial charge on any atom is 0.0434 e. The summed E-state index contributed by atoms with van der Waals surface area (Å²) >= 11 is 1.94. The highest BCUT2D eigenvalue weighted by atomic mass is 32.1. The molecule has 0 atom stereocenters. The zero-order valence-electron chi connectivity index (χ0n) is 33.4. The number of thiophene rings is 1. The molecule has 0 radical (unpaired) electrons. The molecular formula is C59H38S. The van der Waals surface area contributed by atoms with Crippen LogP contribution >= 0.6 is 11.3 Å². The van der Waals surface area contributed by atoms with Gasteiger partial charge in [-0.1, -0.05) is 196 Å². The van der Waals surface area contributed by atoms with Crippen LogP contribution in [0.25, 0.3) is 119 Å². The Morgan fingerprint density at radius 1 is 0.333 bits per heavy atom. The Hall–Kier alpha value is -7.06. The maximum atomic E-state index is 2.50. The minimum absolute atomic E-state index is 0.102. The second kappa shape index (κ2) is 12.5. The second-order valence-corrected chi connectivity index (χ2v) is 18.1. The summed E-state index contributed by atoms with van der Waals surface area (Å²) in [6.45, 7) is 4.80. The van der Waals surface area contributed by atoms with Crippen LogP contribution in [-0.4, -0.2) is 0 Å². The van der Waals surface area contributed by atoms with Gasteiger partial charge in [0.25, 0.3) is 0 Å². The molecule has 0 N–H and O–H groups in total. The SMILES string of the molecule is CC1(C)c2ccc(-c3ccc(-c4c5ccccc5c(-c5cccc6ccccc56)c5ccccc45)c4ccccc34)cc2-c2c1ccc1sc3c4ccccc4ccc3c21. The van der Waals surface area contributed by atoms with Gasteiger partial charge in [0.05, 0.1) is 0 Å². The quantitative estimate of drug-likeness (QED) is 0.157. The lowest BCUT2D eigenvalue weighted by Gasteiger charge is -2.22. The third-order valence-electron chi connectivity index (χ3n) is 13.7. The molecule has 13 rings (SSSR count). The molecule has 1 aromatic heterocycles. The first-order valence-electron chi connectivity index (χ1n) is 21.0. The number of hydrogen-bond donors (Lipinski definition) is 0. The van der Waals surface area contributed by atoms with Crippen LogP contribution in [0.1, 0.15) is 25.0 Å². The summed E-state index contributed by atoms with van der Waals surface area (Å²) < 4.78 is 2.74. The third-order valence-corrected chi connectivity index (χ3v) is 14.9. The van der Waals surface area contributed by atoms with Crippen molar-refractivity contribution in [2.45, 2.75) is 19.3 Å². The van der Waals surface area contributed by atoms with Crippen LogP contribution in [0.5, 0.6) is 0 Å². The molecule has 0 spiro atoms. The zero-order chi connectivity index (χ0) is 39.7. The van der Waals surface area contributed by atoms with Crippen molar-refractivity contribution < 1.29 is 0 Å². The van der Waals surface area contributed by atoms with Crippen molar-refractivity contribution in [3.63, 3.8) is 0 Å². The smallest absolute Gasteiger partial charge is 0.0434 e. The summed E-state index contributed by atoms with van der Waals surface area (Å²) in [5, 5.41) is 15.6. The van der Waals surface area contributed by atoms with Crippen molar-refractivity contribution in [2.75, 3.05) is 0 Å². The highest BCUT2D eigenvalue weighted by Crippen LogP contribution is 2.56. The fourth-order valence-electron chi connectivity index (χ4n) is 10.9. The lowest BCUT2D eigenvalue weighted by Crippen LogP contribution is -2.14. The Kier molecular flexibility index (Phi) is 7.04. The van der Waals surface area contributed by atoms with E-state index in [0.717, 1.165) is 0 Å². The molecular weight excluding hydrogens is 741 g/mol. The third kappa shape index (κ3) is 4.61. The van der Waals surface area contributed by atoms with E-state index in [1.807, 2.05) is 11.3 Å². The van der Waals surface area contributed by atoms with E-state index in [-0.39, 0.29) is 5.41 Å². The van der Waals surface area contributed by atoms with Crippen LogP contribution in [0.4, 0.5) is 0 Å². The van der Waals surface area contributed by atoms with Gasteiger partial charge in [-0.25, -0.2) is 0 Å². The van der Waals surface area contributed by atoms with Gasteiger partial charge in [-0.15, -0.1) is 11.3 Å². The minimum atomic E-state index is -0.102. The topological polar surface area (TPSA) is 0 Å². The maximum absolute atomic E-state index is 2.50. The summed E-state index contributed by atoms with van der Waals surface area (Å²) in [5.41, 5.74) is 13.1. The fraction of sp³-hybridized carbons (Fsp3) is 0.0508. The number of benzene rings is 11. The molecule has 11 aromatic carbocycles. The van der Waals surface area contributed by atoms with Crippen molar-refractivity contribution >= 4 is 85.4 Å². The van der Waals surface area contributed by atoms with Crippen molar-refractivity contribution in [3.8, 4) is 44.5 Å². The molecule has 0 amide bonds. The summed E-state index contributed by atoms with van der Waals surface area (Å²) in [6, 6.07) is 72.9. The number of rotatable bonds is 3. The molecule has 1 heterocycles. The van der Waals surface area contributed by atoms with Gasteiger partial charge in [-0.3, -0.25) is 0 Å². The van der Waals surface area contributed by atoms with Gasteiger partial charge in [0.1, 0.15) is 0 Å². The Balaban J connectivity index is 1.04. The van der Waals surface area contributed by atoms with Gasteiger partial charge in [0.2, 0.25) is 0 Å². The molecule has 0 bridgehead atoms. The van der Waals surface area contributed by atoms with E-state index in [1.54, 1.807) is 0 Å². The van der Waals surface area contributed by atoms with Gasteiger partial charge in [0.15, 0.2) is 0 Å².